The number of benzene rings is 1. The molecular weight excluding hydrogens is 250 g/mol. The van der Waals surface area contributed by atoms with Crippen LogP contribution in [-0.2, 0) is 6.54 Å². The molecule has 106 valence electrons. The summed E-state index contributed by atoms with van der Waals surface area (Å²) in [4.78, 5) is 0. The zero-order valence-electron chi connectivity index (χ0n) is 12.0. The molecule has 4 heteroatoms. The van der Waals surface area contributed by atoms with E-state index in [1.165, 1.54) is 24.0 Å². The Hall–Kier alpha value is -1.81. The molecule has 1 saturated carbocycles. The number of aromatic nitrogens is 2. The molecule has 1 unspecified atom stereocenters. The van der Waals surface area contributed by atoms with Crippen LogP contribution in [0.2, 0.25) is 0 Å². The standard InChI is InChI=1S/C16H21N3O/c1-11-14(10-18-19-11)9-17-16(12-3-4-12)13-5-7-15(20-2)8-6-13/h5-8,10,12,16-17H,3-4,9H2,1-2H3,(H,18,19). The Morgan fingerprint density at radius 3 is 2.65 bits per heavy atom. The van der Waals surface area contributed by atoms with E-state index in [-0.39, 0.29) is 0 Å². The molecule has 20 heavy (non-hydrogen) atoms. The van der Waals surface area contributed by atoms with Gasteiger partial charge in [0.05, 0.1) is 13.3 Å². The first-order valence-corrected chi connectivity index (χ1v) is 7.14. The third-order valence-electron chi connectivity index (χ3n) is 4.02. The Labute approximate surface area is 119 Å². The van der Waals surface area contributed by atoms with E-state index in [4.69, 9.17) is 4.74 Å². The van der Waals surface area contributed by atoms with E-state index >= 15 is 0 Å². The summed E-state index contributed by atoms with van der Waals surface area (Å²) < 4.78 is 5.23. The van der Waals surface area contributed by atoms with Crippen LogP contribution in [0.5, 0.6) is 5.75 Å². The largest absolute Gasteiger partial charge is 0.497 e. The van der Waals surface area contributed by atoms with Crippen molar-refractivity contribution in [1.82, 2.24) is 15.5 Å². The molecule has 1 atom stereocenters. The maximum Gasteiger partial charge on any atom is 0.118 e. The molecule has 2 aromatic rings. The van der Waals surface area contributed by atoms with Crippen molar-refractivity contribution in [3.05, 3.63) is 47.3 Å². The Bertz CT molecular complexity index is 557. The number of aryl methyl sites for hydroxylation is 1. The first-order chi connectivity index (χ1) is 9.78. The lowest BCUT2D eigenvalue weighted by atomic mass is 10.0. The number of methoxy groups -OCH3 is 1. The smallest absolute Gasteiger partial charge is 0.118 e. The summed E-state index contributed by atoms with van der Waals surface area (Å²) in [7, 11) is 1.70. The van der Waals surface area contributed by atoms with Crippen LogP contribution in [0.1, 0.15) is 35.7 Å². The van der Waals surface area contributed by atoms with Crippen LogP contribution in [-0.4, -0.2) is 17.3 Å². The number of ether oxygens (including phenoxy) is 1. The second-order valence-electron chi connectivity index (χ2n) is 5.49. The third kappa shape index (κ3) is 2.85. The topological polar surface area (TPSA) is 49.9 Å². The van der Waals surface area contributed by atoms with Crippen LogP contribution >= 0.6 is 0 Å². The summed E-state index contributed by atoms with van der Waals surface area (Å²) in [6.45, 7) is 2.92. The number of aromatic amines is 1. The molecule has 0 bridgehead atoms. The monoisotopic (exact) mass is 271 g/mol. The summed E-state index contributed by atoms with van der Waals surface area (Å²) in [6.07, 6.45) is 4.53. The minimum Gasteiger partial charge on any atom is -0.497 e. The molecule has 1 fully saturated rings. The lowest BCUT2D eigenvalue weighted by Gasteiger charge is -2.19. The molecule has 4 nitrogen and oxygen atoms in total. The quantitative estimate of drug-likeness (QED) is 0.849. The molecule has 2 N–H and O–H groups in total. The van der Waals surface area contributed by atoms with Crippen LogP contribution in [0.3, 0.4) is 0 Å². The van der Waals surface area contributed by atoms with Crippen molar-refractivity contribution in [2.75, 3.05) is 7.11 Å². The van der Waals surface area contributed by atoms with E-state index < -0.39 is 0 Å². The lowest BCUT2D eigenvalue weighted by molar-refractivity contribution is 0.413. The molecule has 0 spiro atoms. The number of nitrogens with zero attached hydrogens (tertiary/aromatic N) is 1. The lowest BCUT2D eigenvalue weighted by Crippen LogP contribution is -2.22. The Balaban J connectivity index is 1.70. The summed E-state index contributed by atoms with van der Waals surface area (Å²) in [5, 5.41) is 10.7. The molecule has 1 aromatic heterocycles. The predicted molar refractivity (Wildman–Crippen MR) is 78.6 cm³/mol. The van der Waals surface area contributed by atoms with E-state index in [1.807, 2.05) is 18.3 Å². The minimum atomic E-state index is 0.426. The first-order valence-electron chi connectivity index (χ1n) is 7.14. The Morgan fingerprint density at radius 2 is 2.10 bits per heavy atom. The van der Waals surface area contributed by atoms with Crippen LogP contribution in [0.25, 0.3) is 0 Å². The van der Waals surface area contributed by atoms with Crippen molar-refractivity contribution in [3.8, 4) is 5.75 Å². The van der Waals surface area contributed by atoms with Gasteiger partial charge in [-0.25, -0.2) is 0 Å². The number of nitrogens with one attached hydrogen (secondary N) is 2. The van der Waals surface area contributed by atoms with Crippen molar-refractivity contribution in [3.63, 3.8) is 0 Å². The molecule has 3 rings (SSSR count). The number of hydrogen-bond donors (Lipinski definition) is 2. The van der Waals surface area contributed by atoms with Crippen LogP contribution in [0.4, 0.5) is 0 Å². The van der Waals surface area contributed by atoms with Gasteiger partial charge >= 0.3 is 0 Å². The second kappa shape index (κ2) is 5.67. The van der Waals surface area contributed by atoms with E-state index in [2.05, 4.69) is 34.6 Å². The Kier molecular flexibility index (Phi) is 3.74. The molecule has 0 aliphatic heterocycles. The van der Waals surface area contributed by atoms with Crippen LogP contribution < -0.4 is 10.1 Å². The van der Waals surface area contributed by atoms with E-state index in [1.54, 1.807) is 7.11 Å². The highest BCUT2D eigenvalue weighted by Crippen LogP contribution is 2.41. The molecule has 1 aliphatic carbocycles. The van der Waals surface area contributed by atoms with Gasteiger partial charge in [0.25, 0.3) is 0 Å². The minimum absolute atomic E-state index is 0.426. The fourth-order valence-corrected chi connectivity index (χ4v) is 2.57. The van der Waals surface area contributed by atoms with Gasteiger partial charge in [-0.2, -0.15) is 5.10 Å². The summed E-state index contributed by atoms with van der Waals surface area (Å²) >= 11 is 0. The summed E-state index contributed by atoms with van der Waals surface area (Å²) in [5.41, 5.74) is 3.72. The molecule has 0 saturated heterocycles. The van der Waals surface area contributed by atoms with Gasteiger partial charge < -0.3 is 10.1 Å². The zero-order chi connectivity index (χ0) is 13.9. The van der Waals surface area contributed by atoms with E-state index in [0.29, 0.717) is 6.04 Å². The maximum absolute atomic E-state index is 5.23. The van der Waals surface area contributed by atoms with Crippen molar-refractivity contribution in [1.29, 1.82) is 0 Å². The number of H-pyrrole nitrogens is 1. The van der Waals surface area contributed by atoms with Gasteiger partial charge in [0.2, 0.25) is 0 Å². The molecule has 0 amide bonds. The summed E-state index contributed by atoms with van der Waals surface area (Å²) in [5.74, 6) is 1.67. The molecule has 1 aliphatic rings. The van der Waals surface area contributed by atoms with Gasteiger partial charge in [-0.05, 0) is 43.4 Å². The average molecular weight is 271 g/mol. The maximum atomic E-state index is 5.23. The van der Waals surface area contributed by atoms with Gasteiger partial charge in [0, 0.05) is 23.8 Å². The van der Waals surface area contributed by atoms with Crippen molar-refractivity contribution >= 4 is 0 Å². The molecule has 1 heterocycles. The van der Waals surface area contributed by atoms with E-state index in [0.717, 1.165) is 23.9 Å². The first kappa shape index (κ1) is 13.2. The van der Waals surface area contributed by atoms with Gasteiger partial charge in [0.1, 0.15) is 5.75 Å². The highest BCUT2D eigenvalue weighted by Gasteiger charge is 2.32. The molecule has 0 radical (unpaired) electrons. The van der Waals surface area contributed by atoms with Gasteiger partial charge in [0.15, 0.2) is 0 Å². The molecule has 1 aromatic carbocycles. The Morgan fingerprint density at radius 1 is 1.35 bits per heavy atom. The normalized spacial score (nSPS) is 16.1. The fraction of sp³-hybridized carbons (Fsp3) is 0.438. The SMILES string of the molecule is COc1ccc(C(NCc2cn[nH]c2C)C2CC2)cc1. The van der Waals surface area contributed by atoms with Crippen LogP contribution in [0.15, 0.2) is 30.5 Å². The van der Waals surface area contributed by atoms with Gasteiger partial charge in [-0.3, -0.25) is 5.10 Å². The number of rotatable bonds is 6. The fourth-order valence-electron chi connectivity index (χ4n) is 2.57. The van der Waals surface area contributed by atoms with Crippen LogP contribution in [0, 0.1) is 12.8 Å². The van der Waals surface area contributed by atoms with Gasteiger partial charge in [-0.1, -0.05) is 12.1 Å². The third-order valence-corrected chi connectivity index (χ3v) is 4.02. The highest BCUT2D eigenvalue weighted by atomic mass is 16.5. The van der Waals surface area contributed by atoms with Crippen molar-refractivity contribution < 1.29 is 4.74 Å². The second-order valence-corrected chi connectivity index (χ2v) is 5.49. The average Bonchev–Trinajstić information content (AvgIpc) is 3.23. The highest BCUT2D eigenvalue weighted by molar-refractivity contribution is 5.30. The van der Waals surface area contributed by atoms with Crippen molar-refractivity contribution in [2.45, 2.75) is 32.4 Å². The molecular formula is C16H21N3O. The van der Waals surface area contributed by atoms with Crippen molar-refractivity contribution in [2.24, 2.45) is 5.92 Å². The zero-order valence-corrected chi connectivity index (χ0v) is 12.0. The summed E-state index contributed by atoms with van der Waals surface area (Å²) in [6, 6.07) is 8.83. The van der Waals surface area contributed by atoms with Gasteiger partial charge in [-0.15, -0.1) is 0 Å². The number of hydrogen-bond acceptors (Lipinski definition) is 3. The predicted octanol–water partition coefficient (Wildman–Crippen LogP) is 2.97. The van der Waals surface area contributed by atoms with E-state index in [9.17, 15) is 0 Å².